The molecule has 1 fully saturated rings. The fourth-order valence-electron chi connectivity index (χ4n) is 3.62. The molecule has 2 unspecified atom stereocenters. The molecule has 8 heteroatoms. The maximum absolute atomic E-state index is 11.2. The average molecular weight is 389 g/mol. The van der Waals surface area contributed by atoms with Crippen LogP contribution >= 0.6 is 0 Å². The lowest BCUT2D eigenvalue weighted by Crippen LogP contribution is -2.34. The minimum absolute atomic E-state index is 0.195. The first-order valence-electron chi connectivity index (χ1n) is 10.2. The lowest BCUT2D eigenvalue weighted by molar-refractivity contribution is -0.114. The van der Waals surface area contributed by atoms with Gasteiger partial charge in [-0.1, -0.05) is 25.5 Å². The van der Waals surface area contributed by atoms with Crippen molar-refractivity contribution in [1.29, 1.82) is 0 Å². The Morgan fingerprint density at radius 1 is 1.36 bits per heavy atom. The predicted octanol–water partition coefficient (Wildman–Crippen LogP) is 2.88. The van der Waals surface area contributed by atoms with Crippen LogP contribution in [0.25, 0.3) is 0 Å². The number of carbonyl (C=O) groups excluding carboxylic acids is 1. The van der Waals surface area contributed by atoms with Crippen LogP contribution in [-0.2, 0) is 16.6 Å². The molecule has 1 aromatic heterocycles. The van der Waals surface area contributed by atoms with E-state index in [1.807, 2.05) is 0 Å². The summed E-state index contributed by atoms with van der Waals surface area (Å²) in [5.41, 5.74) is 0. The summed E-state index contributed by atoms with van der Waals surface area (Å²) >= 11 is 0. The van der Waals surface area contributed by atoms with E-state index in [0.29, 0.717) is 11.9 Å². The van der Waals surface area contributed by atoms with Crippen LogP contribution in [0.4, 0.5) is 11.9 Å². The van der Waals surface area contributed by atoms with Crippen LogP contribution in [0.1, 0.15) is 46.0 Å². The standard InChI is InChI=1S/C20H32N6O2/c1-4-18(22-20-23-19(21-15(2)27)24-25(20)3)28-17-10-8-9-16(13-17)14-26-11-6-5-7-12-26/h8-9,13,16,18H,4-7,10-12,14H2,1-3H3,(H2,21,22,23,24,27). The van der Waals surface area contributed by atoms with Crippen LogP contribution in [0.5, 0.6) is 0 Å². The number of ether oxygens (including phenoxy) is 1. The molecule has 0 bridgehead atoms. The van der Waals surface area contributed by atoms with Crippen molar-refractivity contribution in [2.45, 2.75) is 52.2 Å². The van der Waals surface area contributed by atoms with Gasteiger partial charge in [0.1, 0.15) is 0 Å². The summed E-state index contributed by atoms with van der Waals surface area (Å²) in [6, 6.07) is 0. The number of nitrogens with zero attached hydrogens (tertiary/aromatic N) is 4. The topological polar surface area (TPSA) is 84.3 Å². The zero-order valence-corrected chi connectivity index (χ0v) is 17.1. The maximum atomic E-state index is 11.2. The predicted molar refractivity (Wildman–Crippen MR) is 110 cm³/mol. The molecule has 28 heavy (non-hydrogen) atoms. The Morgan fingerprint density at radius 2 is 2.14 bits per heavy atom. The van der Waals surface area contributed by atoms with E-state index in [-0.39, 0.29) is 18.1 Å². The molecule has 1 amide bonds. The van der Waals surface area contributed by atoms with Crippen molar-refractivity contribution in [3.63, 3.8) is 0 Å². The van der Waals surface area contributed by atoms with E-state index in [9.17, 15) is 4.79 Å². The highest BCUT2D eigenvalue weighted by Crippen LogP contribution is 2.22. The van der Waals surface area contributed by atoms with Crippen LogP contribution in [0.3, 0.4) is 0 Å². The molecule has 0 radical (unpaired) electrons. The van der Waals surface area contributed by atoms with Gasteiger partial charge in [-0.15, -0.1) is 5.10 Å². The van der Waals surface area contributed by atoms with Crippen molar-refractivity contribution in [2.75, 3.05) is 30.3 Å². The fraction of sp³-hybridized carbons (Fsp3) is 0.650. The maximum Gasteiger partial charge on any atom is 0.250 e. The number of rotatable bonds is 8. The van der Waals surface area contributed by atoms with Crippen LogP contribution in [0.2, 0.25) is 0 Å². The van der Waals surface area contributed by atoms with Gasteiger partial charge in [-0.05, 0) is 32.0 Å². The number of anilines is 2. The number of piperidine rings is 1. The molecule has 2 atom stereocenters. The first-order valence-corrected chi connectivity index (χ1v) is 10.2. The van der Waals surface area contributed by atoms with Crippen molar-refractivity contribution in [3.8, 4) is 0 Å². The first kappa shape index (κ1) is 20.4. The van der Waals surface area contributed by atoms with E-state index >= 15 is 0 Å². The molecule has 8 nitrogen and oxygen atoms in total. The second kappa shape index (κ2) is 9.73. The van der Waals surface area contributed by atoms with E-state index in [1.165, 1.54) is 39.3 Å². The van der Waals surface area contributed by atoms with E-state index in [1.54, 1.807) is 11.7 Å². The minimum atomic E-state index is -0.207. The third-order valence-electron chi connectivity index (χ3n) is 5.03. The van der Waals surface area contributed by atoms with E-state index in [0.717, 1.165) is 25.1 Å². The molecule has 2 heterocycles. The summed E-state index contributed by atoms with van der Waals surface area (Å²) in [6.07, 6.45) is 12.1. The number of amides is 1. The molecule has 1 aliphatic heterocycles. The van der Waals surface area contributed by atoms with Gasteiger partial charge in [-0.3, -0.25) is 10.1 Å². The summed E-state index contributed by atoms with van der Waals surface area (Å²) < 4.78 is 7.82. The molecule has 154 valence electrons. The summed E-state index contributed by atoms with van der Waals surface area (Å²) in [7, 11) is 1.78. The number of hydrogen-bond donors (Lipinski definition) is 2. The largest absolute Gasteiger partial charge is 0.475 e. The lowest BCUT2D eigenvalue weighted by atomic mass is 10.00. The van der Waals surface area contributed by atoms with Gasteiger partial charge in [0, 0.05) is 39.3 Å². The Balaban J connectivity index is 1.57. The third kappa shape index (κ3) is 5.82. The van der Waals surface area contributed by atoms with Gasteiger partial charge in [0.25, 0.3) is 5.95 Å². The van der Waals surface area contributed by atoms with Crippen LogP contribution in [0.15, 0.2) is 24.0 Å². The molecular formula is C20H32N6O2. The smallest absolute Gasteiger partial charge is 0.250 e. The third-order valence-corrected chi connectivity index (χ3v) is 5.03. The highest BCUT2D eigenvalue weighted by Gasteiger charge is 2.19. The normalized spacial score (nSPS) is 21.1. The molecule has 2 aliphatic rings. The van der Waals surface area contributed by atoms with Gasteiger partial charge < -0.3 is 15.0 Å². The van der Waals surface area contributed by atoms with Crippen LogP contribution in [-0.4, -0.2) is 51.4 Å². The number of nitrogens with one attached hydrogen (secondary N) is 2. The van der Waals surface area contributed by atoms with Gasteiger partial charge in [0.2, 0.25) is 11.9 Å². The minimum Gasteiger partial charge on any atom is -0.475 e. The van der Waals surface area contributed by atoms with Crippen molar-refractivity contribution >= 4 is 17.8 Å². The van der Waals surface area contributed by atoms with E-state index in [4.69, 9.17) is 4.74 Å². The zero-order valence-electron chi connectivity index (χ0n) is 17.1. The highest BCUT2D eigenvalue weighted by molar-refractivity contribution is 5.86. The summed E-state index contributed by atoms with van der Waals surface area (Å²) in [6.45, 7) is 6.97. The van der Waals surface area contributed by atoms with Gasteiger partial charge >= 0.3 is 0 Å². The number of likely N-dealkylation sites (tertiary alicyclic amines) is 1. The Kier molecular flexibility index (Phi) is 7.08. The number of hydrogen-bond acceptors (Lipinski definition) is 6. The van der Waals surface area contributed by atoms with Gasteiger partial charge in [0.05, 0.1) is 5.76 Å². The SMILES string of the molecule is CCC(Nc1nc(NC(C)=O)nn1C)OC1=CC(CN2CCCCC2)C=CC1. The summed E-state index contributed by atoms with van der Waals surface area (Å²) in [5.74, 6) is 2.05. The van der Waals surface area contributed by atoms with Crippen molar-refractivity contribution in [1.82, 2.24) is 19.7 Å². The van der Waals surface area contributed by atoms with Crippen molar-refractivity contribution in [2.24, 2.45) is 13.0 Å². The quantitative estimate of drug-likeness (QED) is 0.526. The molecular weight excluding hydrogens is 356 g/mol. The number of aromatic nitrogens is 3. The van der Waals surface area contributed by atoms with E-state index in [2.05, 4.69) is 50.8 Å². The molecule has 1 aliphatic carbocycles. The Hall–Kier alpha value is -2.35. The second-order valence-electron chi connectivity index (χ2n) is 7.51. The van der Waals surface area contributed by atoms with E-state index < -0.39 is 0 Å². The first-order chi connectivity index (χ1) is 13.5. The van der Waals surface area contributed by atoms with Crippen LogP contribution < -0.4 is 10.6 Å². The molecule has 0 spiro atoms. The zero-order chi connectivity index (χ0) is 19.9. The lowest BCUT2D eigenvalue weighted by Gasteiger charge is -2.30. The number of aryl methyl sites for hydroxylation is 1. The Labute approximate surface area is 167 Å². The number of carbonyl (C=O) groups is 1. The van der Waals surface area contributed by atoms with Gasteiger partial charge in [-0.2, -0.15) is 4.98 Å². The molecule has 2 N–H and O–H groups in total. The second-order valence-corrected chi connectivity index (χ2v) is 7.51. The van der Waals surface area contributed by atoms with Gasteiger partial charge in [0.15, 0.2) is 6.23 Å². The molecule has 1 saturated heterocycles. The molecule has 3 rings (SSSR count). The Bertz CT molecular complexity index is 720. The summed E-state index contributed by atoms with van der Waals surface area (Å²) in [4.78, 5) is 18.0. The average Bonchev–Trinajstić information content (AvgIpc) is 3.00. The highest BCUT2D eigenvalue weighted by atomic mass is 16.5. The number of allylic oxidation sites excluding steroid dienone is 1. The fourth-order valence-corrected chi connectivity index (χ4v) is 3.62. The summed E-state index contributed by atoms with van der Waals surface area (Å²) in [5, 5.41) is 10.1. The van der Waals surface area contributed by atoms with Crippen LogP contribution in [0, 0.1) is 5.92 Å². The monoisotopic (exact) mass is 388 g/mol. The molecule has 0 saturated carbocycles. The molecule has 0 aromatic carbocycles. The van der Waals surface area contributed by atoms with Crippen molar-refractivity contribution in [3.05, 3.63) is 24.0 Å². The molecule has 1 aromatic rings. The van der Waals surface area contributed by atoms with Gasteiger partial charge in [-0.25, -0.2) is 4.68 Å². The van der Waals surface area contributed by atoms with Crippen molar-refractivity contribution < 1.29 is 9.53 Å². The Morgan fingerprint density at radius 3 is 2.86 bits per heavy atom.